The third-order valence-corrected chi connectivity index (χ3v) is 2.31. The van der Waals surface area contributed by atoms with E-state index in [2.05, 4.69) is 5.10 Å². The van der Waals surface area contributed by atoms with Gasteiger partial charge in [0.15, 0.2) is 5.78 Å². The summed E-state index contributed by atoms with van der Waals surface area (Å²) in [5.41, 5.74) is 0.650. The second-order valence-corrected chi connectivity index (χ2v) is 3.70. The molecule has 17 heavy (non-hydrogen) atoms. The van der Waals surface area contributed by atoms with Crippen LogP contribution in [0.2, 0.25) is 0 Å². The van der Waals surface area contributed by atoms with Gasteiger partial charge in [0, 0.05) is 12.3 Å². The Morgan fingerprint density at radius 2 is 2.12 bits per heavy atom. The van der Waals surface area contributed by atoms with Gasteiger partial charge in [-0.2, -0.15) is 5.10 Å². The van der Waals surface area contributed by atoms with E-state index in [0.29, 0.717) is 6.07 Å². The number of ketones is 1. The lowest BCUT2D eigenvalue weighted by molar-refractivity contribution is 0.0963. The van der Waals surface area contributed by atoms with Crippen LogP contribution < -0.4 is 0 Å². The van der Waals surface area contributed by atoms with Crippen molar-refractivity contribution in [2.45, 2.75) is 13.5 Å². The van der Waals surface area contributed by atoms with Crippen molar-refractivity contribution in [1.29, 1.82) is 0 Å². The zero-order valence-corrected chi connectivity index (χ0v) is 9.15. The van der Waals surface area contributed by atoms with Gasteiger partial charge in [0.25, 0.3) is 0 Å². The largest absolute Gasteiger partial charge is 0.292 e. The van der Waals surface area contributed by atoms with Gasteiger partial charge < -0.3 is 0 Å². The van der Waals surface area contributed by atoms with Gasteiger partial charge in [0.1, 0.15) is 18.2 Å². The summed E-state index contributed by atoms with van der Waals surface area (Å²) in [6, 6.07) is 4.64. The molecule has 2 rings (SSSR count). The smallest absolute Gasteiger partial charge is 0.187 e. The molecule has 0 N–H and O–H groups in total. The summed E-state index contributed by atoms with van der Waals surface area (Å²) in [5, 5.41) is 4.02. The number of carbonyl (C=O) groups is 1. The average molecular weight is 236 g/mol. The fraction of sp³-hybridized carbons (Fsp3) is 0.167. The van der Waals surface area contributed by atoms with E-state index in [9.17, 15) is 13.6 Å². The van der Waals surface area contributed by atoms with E-state index in [1.54, 1.807) is 19.2 Å². The number of carbonyl (C=O) groups excluding carboxylic acids is 1. The van der Waals surface area contributed by atoms with Gasteiger partial charge in [-0.05, 0) is 25.1 Å². The van der Waals surface area contributed by atoms with E-state index in [1.165, 1.54) is 4.68 Å². The Bertz CT molecular complexity index is 563. The second-order valence-electron chi connectivity index (χ2n) is 3.70. The Morgan fingerprint density at radius 1 is 1.35 bits per heavy atom. The summed E-state index contributed by atoms with van der Waals surface area (Å²) < 4.78 is 27.4. The Hall–Kier alpha value is -2.04. The van der Waals surface area contributed by atoms with Crippen LogP contribution in [0.1, 0.15) is 16.1 Å². The fourth-order valence-corrected chi connectivity index (χ4v) is 1.50. The van der Waals surface area contributed by atoms with E-state index in [0.717, 1.165) is 17.8 Å². The molecule has 0 atom stereocenters. The molecule has 1 heterocycles. The zero-order chi connectivity index (χ0) is 12.4. The maximum absolute atomic E-state index is 13.3. The highest BCUT2D eigenvalue weighted by Gasteiger charge is 2.13. The lowest BCUT2D eigenvalue weighted by Crippen LogP contribution is -2.12. The highest BCUT2D eigenvalue weighted by molar-refractivity contribution is 5.96. The van der Waals surface area contributed by atoms with Crippen molar-refractivity contribution >= 4 is 5.78 Å². The van der Waals surface area contributed by atoms with E-state index < -0.39 is 17.4 Å². The van der Waals surface area contributed by atoms with Gasteiger partial charge in [-0.1, -0.05) is 0 Å². The van der Waals surface area contributed by atoms with Gasteiger partial charge >= 0.3 is 0 Å². The summed E-state index contributed by atoms with van der Waals surface area (Å²) in [5.74, 6) is -1.99. The summed E-state index contributed by atoms with van der Waals surface area (Å²) in [6.45, 7) is 1.73. The minimum atomic E-state index is -0.848. The Kier molecular flexibility index (Phi) is 2.99. The molecule has 2 aromatic rings. The maximum Gasteiger partial charge on any atom is 0.187 e. The average Bonchev–Trinajstić information content (AvgIpc) is 2.63. The maximum atomic E-state index is 13.3. The summed E-state index contributed by atoms with van der Waals surface area (Å²) in [4.78, 5) is 11.7. The number of hydrogen-bond acceptors (Lipinski definition) is 2. The second kappa shape index (κ2) is 4.45. The molecule has 5 heteroatoms. The zero-order valence-electron chi connectivity index (χ0n) is 9.15. The molecule has 0 radical (unpaired) electrons. The highest BCUT2D eigenvalue weighted by Crippen LogP contribution is 2.11. The van der Waals surface area contributed by atoms with Gasteiger partial charge in [-0.15, -0.1) is 0 Å². The van der Waals surface area contributed by atoms with Crippen molar-refractivity contribution in [2.24, 2.45) is 0 Å². The molecule has 0 spiro atoms. The van der Waals surface area contributed by atoms with Crippen LogP contribution in [0.25, 0.3) is 0 Å². The highest BCUT2D eigenvalue weighted by atomic mass is 19.1. The third kappa shape index (κ3) is 2.55. The minimum Gasteiger partial charge on any atom is -0.292 e. The van der Waals surface area contributed by atoms with Crippen molar-refractivity contribution in [2.75, 3.05) is 0 Å². The Labute approximate surface area is 96.7 Å². The molecule has 1 aromatic carbocycles. The van der Waals surface area contributed by atoms with Crippen LogP contribution in [-0.4, -0.2) is 15.6 Å². The van der Waals surface area contributed by atoms with Crippen LogP contribution in [0, 0.1) is 18.6 Å². The van der Waals surface area contributed by atoms with Crippen molar-refractivity contribution in [1.82, 2.24) is 9.78 Å². The molecule has 0 amide bonds. The number of benzene rings is 1. The first kappa shape index (κ1) is 11.4. The van der Waals surface area contributed by atoms with E-state index in [4.69, 9.17) is 0 Å². The van der Waals surface area contributed by atoms with Crippen LogP contribution in [0.15, 0.2) is 30.5 Å². The number of halogens is 2. The van der Waals surface area contributed by atoms with Crippen LogP contribution in [0.3, 0.4) is 0 Å². The first-order chi connectivity index (χ1) is 8.06. The summed E-state index contributed by atoms with van der Waals surface area (Å²) in [7, 11) is 0. The number of rotatable bonds is 3. The quantitative estimate of drug-likeness (QED) is 0.767. The molecule has 0 aliphatic rings. The molecule has 0 aliphatic heterocycles. The van der Waals surface area contributed by atoms with Crippen molar-refractivity contribution in [3.05, 3.63) is 53.4 Å². The standard InChI is InChI=1S/C12H10F2N2O/c1-8-4-5-16(15-8)7-12(17)10-3-2-9(13)6-11(10)14/h2-6H,7H2,1H3. The normalized spacial score (nSPS) is 10.5. The molecule has 1 aromatic heterocycles. The van der Waals surface area contributed by atoms with Crippen LogP contribution in [0.4, 0.5) is 8.78 Å². The molecule has 88 valence electrons. The third-order valence-electron chi connectivity index (χ3n) is 2.31. The number of hydrogen-bond donors (Lipinski definition) is 0. The van der Waals surface area contributed by atoms with Crippen LogP contribution in [0.5, 0.6) is 0 Å². The monoisotopic (exact) mass is 236 g/mol. The number of aromatic nitrogens is 2. The molecule has 0 saturated carbocycles. The van der Waals surface area contributed by atoms with Crippen molar-refractivity contribution in [3.8, 4) is 0 Å². The molecule has 0 aliphatic carbocycles. The van der Waals surface area contributed by atoms with Crippen molar-refractivity contribution in [3.63, 3.8) is 0 Å². The number of nitrogens with zero attached hydrogens (tertiary/aromatic N) is 2. The molecule has 0 bridgehead atoms. The lowest BCUT2D eigenvalue weighted by atomic mass is 10.1. The first-order valence-electron chi connectivity index (χ1n) is 5.04. The van der Waals surface area contributed by atoms with Gasteiger partial charge in [0.2, 0.25) is 0 Å². The molecular formula is C12H10F2N2O. The minimum absolute atomic E-state index is 0.0591. The van der Waals surface area contributed by atoms with Gasteiger partial charge in [-0.25, -0.2) is 8.78 Å². The Morgan fingerprint density at radius 3 is 2.71 bits per heavy atom. The molecule has 0 fully saturated rings. The predicted molar refractivity (Wildman–Crippen MR) is 57.7 cm³/mol. The Balaban J connectivity index is 2.20. The van der Waals surface area contributed by atoms with Gasteiger partial charge in [0.05, 0.1) is 11.3 Å². The summed E-state index contributed by atoms with van der Waals surface area (Å²) >= 11 is 0. The molecule has 0 saturated heterocycles. The first-order valence-corrected chi connectivity index (χ1v) is 5.04. The van der Waals surface area contributed by atoms with E-state index >= 15 is 0 Å². The molecular weight excluding hydrogens is 226 g/mol. The number of aryl methyl sites for hydroxylation is 1. The van der Waals surface area contributed by atoms with Crippen molar-refractivity contribution < 1.29 is 13.6 Å². The topological polar surface area (TPSA) is 34.9 Å². The molecule has 0 unspecified atom stereocenters. The molecule has 3 nitrogen and oxygen atoms in total. The van der Waals surface area contributed by atoms with Crippen LogP contribution in [-0.2, 0) is 6.54 Å². The number of Topliss-reactive ketones (excluding diaryl/α,β-unsaturated/α-hetero) is 1. The van der Waals surface area contributed by atoms with E-state index in [-0.39, 0.29) is 12.1 Å². The predicted octanol–water partition coefficient (Wildman–Crippen LogP) is 2.35. The van der Waals surface area contributed by atoms with E-state index in [1.807, 2.05) is 0 Å². The fourth-order valence-electron chi connectivity index (χ4n) is 1.50. The SMILES string of the molecule is Cc1ccn(CC(=O)c2ccc(F)cc2F)n1. The van der Waals surface area contributed by atoms with Crippen LogP contribution >= 0.6 is 0 Å². The lowest BCUT2D eigenvalue weighted by Gasteiger charge is -2.03. The van der Waals surface area contributed by atoms with Gasteiger partial charge in [-0.3, -0.25) is 9.48 Å². The summed E-state index contributed by atoms with van der Waals surface area (Å²) in [6.07, 6.45) is 1.63.